The summed E-state index contributed by atoms with van der Waals surface area (Å²) in [5.41, 5.74) is 13.2. The Morgan fingerprint density at radius 1 is 0.593 bits per heavy atom. The molecule has 0 aliphatic rings. The largest absolute Gasteiger partial charge is 0.452 e. The molecule has 2 N–H and O–H groups in total. The van der Waals surface area contributed by atoms with Gasteiger partial charge in [-0.1, -0.05) is 132 Å². The van der Waals surface area contributed by atoms with E-state index in [1.807, 2.05) is 42.5 Å². The smallest absolute Gasteiger partial charge is 0.180 e. The van der Waals surface area contributed by atoms with Gasteiger partial charge in [0, 0.05) is 71.3 Å². The predicted octanol–water partition coefficient (Wildman–Crippen LogP) is 13.6. The Labute approximate surface area is 346 Å². The highest BCUT2D eigenvalue weighted by Crippen LogP contribution is 2.39. The van der Waals surface area contributed by atoms with E-state index in [1.165, 1.54) is 8.90 Å². The molecule has 0 amide bonds. The Hall–Kier alpha value is -7.10. The molecule has 0 unspecified atom stereocenters. The summed E-state index contributed by atoms with van der Waals surface area (Å²) in [6.45, 7) is 6.71. The minimum absolute atomic E-state index is 0.653. The molecule has 4 heterocycles. The van der Waals surface area contributed by atoms with Gasteiger partial charge in [0.05, 0.1) is 9.42 Å². The summed E-state index contributed by atoms with van der Waals surface area (Å²) in [6.07, 6.45) is 0. The lowest BCUT2D eigenvalue weighted by atomic mass is 10.0. The molecule has 7 aromatic carbocycles. The summed E-state index contributed by atoms with van der Waals surface area (Å²) in [5, 5.41) is 5.51. The maximum atomic E-state index is 6.39. The Kier molecular flexibility index (Phi) is 8.37. The van der Waals surface area contributed by atoms with Gasteiger partial charge in [-0.15, -0.1) is 18.9 Å². The van der Waals surface area contributed by atoms with Crippen molar-refractivity contribution in [2.75, 3.05) is 0 Å². The summed E-state index contributed by atoms with van der Waals surface area (Å²) >= 11 is -2.30. The minimum Gasteiger partial charge on any atom is -0.452 e. The van der Waals surface area contributed by atoms with Gasteiger partial charge in [0.15, 0.2) is 11.4 Å². The summed E-state index contributed by atoms with van der Waals surface area (Å²) in [7, 11) is 0. The van der Waals surface area contributed by atoms with E-state index in [1.54, 1.807) is 0 Å². The number of aromatic amines is 2. The number of hydrogen-bond acceptors (Lipinski definition) is 4. The number of aliphatic imine (C=N–C) groups is 1. The third-order valence-electron chi connectivity index (χ3n) is 11.2. The van der Waals surface area contributed by atoms with Crippen molar-refractivity contribution >= 4 is 102 Å². The number of nitrogens with zero attached hydrogens (tertiary/aromatic N) is 3. The molecule has 0 atom stereocenters. The van der Waals surface area contributed by atoms with Crippen LogP contribution in [0.25, 0.3) is 94.0 Å². The highest BCUT2D eigenvalue weighted by Gasteiger charge is 2.20. The number of para-hydroxylation sites is 2. The van der Waals surface area contributed by atoms with Crippen LogP contribution < -0.4 is 0 Å². The zero-order valence-corrected chi connectivity index (χ0v) is 34.3. The Balaban J connectivity index is 1.02. The van der Waals surface area contributed by atoms with Crippen molar-refractivity contribution in [3.05, 3.63) is 187 Å². The van der Waals surface area contributed by atoms with E-state index >= 15 is 0 Å². The second kappa shape index (κ2) is 14.1. The van der Waals surface area contributed by atoms with E-state index in [9.17, 15) is 0 Å². The van der Waals surface area contributed by atoms with Crippen LogP contribution in [0.4, 0.5) is 0 Å². The number of furan rings is 1. The average Bonchev–Trinajstić information content (AvgIpc) is 3.98. The Bertz CT molecular complexity index is 3600. The molecule has 0 aliphatic heterocycles. The molecule has 282 valence electrons. The summed E-state index contributed by atoms with van der Waals surface area (Å²) in [5.74, 6) is 0.653. The van der Waals surface area contributed by atoms with Crippen molar-refractivity contribution in [2.45, 2.75) is 6.92 Å². The molecule has 7 heteroatoms. The molecule has 0 radical (unpaired) electrons. The van der Waals surface area contributed by atoms with Crippen molar-refractivity contribution in [2.24, 2.45) is 4.99 Å². The third kappa shape index (κ3) is 5.96. The maximum absolute atomic E-state index is 6.39. The van der Waals surface area contributed by atoms with E-state index in [4.69, 9.17) is 23.9 Å². The lowest BCUT2D eigenvalue weighted by Crippen LogP contribution is -2.00. The van der Waals surface area contributed by atoms with Crippen LogP contribution in [0.1, 0.15) is 23.6 Å². The number of benzene rings is 7. The fraction of sp³-hybridized carbons (Fsp3) is 0.0192. The van der Waals surface area contributed by atoms with Gasteiger partial charge in [0.2, 0.25) is 0 Å². The Morgan fingerprint density at radius 3 is 2.14 bits per heavy atom. The zero-order chi connectivity index (χ0) is 39.6. The van der Waals surface area contributed by atoms with Crippen LogP contribution in [0.15, 0.2) is 180 Å². The zero-order valence-electron chi connectivity index (χ0n) is 32.1. The first-order chi connectivity index (χ1) is 29.0. The topological polar surface area (TPSA) is 82.9 Å². The van der Waals surface area contributed by atoms with Crippen LogP contribution in [-0.2, 0) is 0 Å². The SMILES string of the molecule is C=C(N=C(c1ccccc1)I(=C)=C(C)c1ccc2c(c1)[nH]c1cccc(-c3nc(-c4ccccc4)c4oc5ccccc5c4n3)c12)c1ccc2[nH]c3ccccc3c2c1. The molecular weight excluding hydrogens is 838 g/mol. The number of H-pyrrole nitrogens is 2. The summed E-state index contributed by atoms with van der Waals surface area (Å²) < 4.78 is 13.5. The lowest BCUT2D eigenvalue weighted by Gasteiger charge is -2.11. The molecule has 0 saturated carbocycles. The highest BCUT2D eigenvalue weighted by atomic mass is 127. The first-order valence-corrected chi connectivity index (χ1v) is 23.1. The van der Waals surface area contributed by atoms with Crippen LogP contribution in [0.5, 0.6) is 0 Å². The van der Waals surface area contributed by atoms with Gasteiger partial charge in [-0.25, -0.2) is 15.0 Å². The summed E-state index contributed by atoms with van der Waals surface area (Å²) in [6, 6.07) is 56.5. The number of hydrogen-bond donors (Lipinski definition) is 2. The number of nitrogens with one attached hydrogen (secondary N) is 2. The number of fused-ring (bicyclic) bond motifs is 9. The number of rotatable bonds is 7. The van der Waals surface area contributed by atoms with Crippen LogP contribution in [0.2, 0.25) is 0 Å². The minimum atomic E-state index is -2.30. The van der Waals surface area contributed by atoms with Crippen molar-refractivity contribution in [1.29, 1.82) is 0 Å². The van der Waals surface area contributed by atoms with Crippen LogP contribution in [0, 0.1) is 0 Å². The van der Waals surface area contributed by atoms with Gasteiger partial charge in [-0.05, 0) is 58.5 Å². The second-order valence-corrected chi connectivity index (χ2v) is 19.4. The fourth-order valence-electron chi connectivity index (χ4n) is 8.16. The van der Waals surface area contributed by atoms with Crippen molar-refractivity contribution in [1.82, 2.24) is 19.9 Å². The first-order valence-electron chi connectivity index (χ1n) is 19.4. The summed E-state index contributed by atoms with van der Waals surface area (Å²) in [4.78, 5) is 23.0. The molecule has 59 heavy (non-hydrogen) atoms. The molecule has 0 fully saturated rings. The second-order valence-electron chi connectivity index (χ2n) is 14.7. The molecule has 11 aromatic rings. The van der Waals surface area contributed by atoms with Crippen LogP contribution >= 0.6 is 18.9 Å². The van der Waals surface area contributed by atoms with E-state index in [0.717, 1.165) is 97.6 Å². The molecule has 11 rings (SSSR count). The molecule has 0 saturated heterocycles. The molecule has 0 spiro atoms. The maximum Gasteiger partial charge on any atom is 0.180 e. The van der Waals surface area contributed by atoms with Crippen LogP contribution in [-0.4, -0.2) is 31.7 Å². The van der Waals surface area contributed by atoms with E-state index in [2.05, 4.69) is 145 Å². The van der Waals surface area contributed by atoms with Crippen LogP contribution in [0.3, 0.4) is 0 Å². The molecule has 0 bridgehead atoms. The molecule has 6 nitrogen and oxygen atoms in total. The van der Waals surface area contributed by atoms with Crippen molar-refractivity contribution in [3.8, 4) is 22.6 Å². The number of aromatic nitrogens is 4. The Morgan fingerprint density at radius 2 is 1.29 bits per heavy atom. The van der Waals surface area contributed by atoms with Gasteiger partial charge in [0.1, 0.15) is 16.8 Å². The average molecular weight is 874 g/mol. The quantitative estimate of drug-likeness (QED) is 0.124. The third-order valence-corrected chi connectivity index (χ3v) is 15.8. The molecule has 0 aliphatic carbocycles. The van der Waals surface area contributed by atoms with Gasteiger partial charge >= 0.3 is 0 Å². The van der Waals surface area contributed by atoms with Gasteiger partial charge in [-0.3, -0.25) is 0 Å². The van der Waals surface area contributed by atoms with E-state index in [-0.39, 0.29) is 0 Å². The first kappa shape index (κ1) is 35.1. The molecular formula is C52H36IN5O. The standard InChI is InChI=1S/C52H36IN5O/c1-31(53(3)51(34-17-8-5-9-18-34)54-32(2)36-26-28-43-41(29-36)37-19-10-12-22-42(37)55-43)35-25-27-38-45(30-35)56-44-23-14-21-40(47(38)44)52-57-48(33-15-6-4-7-16-33)50-49(58-52)39-20-11-13-24-46(39)59-50/h4-30,55-56H,2-3H2,1H3. The predicted molar refractivity (Wildman–Crippen MR) is 258 cm³/mol. The van der Waals surface area contributed by atoms with E-state index in [0.29, 0.717) is 11.4 Å². The van der Waals surface area contributed by atoms with Gasteiger partial charge < -0.3 is 14.4 Å². The van der Waals surface area contributed by atoms with Gasteiger partial charge in [0.25, 0.3) is 0 Å². The normalized spacial score (nSPS) is 13.0. The van der Waals surface area contributed by atoms with Crippen molar-refractivity contribution in [3.63, 3.8) is 0 Å². The molecule has 4 aromatic heterocycles. The van der Waals surface area contributed by atoms with Gasteiger partial charge in [-0.2, -0.15) is 0 Å². The van der Waals surface area contributed by atoms with E-state index < -0.39 is 18.9 Å². The van der Waals surface area contributed by atoms with Crippen molar-refractivity contribution < 1.29 is 4.42 Å². The lowest BCUT2D eigenvalue weighted by molar-refractivity contribution is 0.667. The monoisotopic (exact) mass is 873 g/mol. The number of halogens is 1. The highest BCUT2D eigenvalue weighted by molar-refractivity contribution is 14.2. The fourth-order valence-corrected chi connectivity index (χ4v) is 11.7.